The minimum absolute atomic E-state index is 0.141. The van der Waals surface area contributed by atoms with Crippen LogP contribution in [0.1, 0.15) is 55.8 Å². The fourth-order valence-corrected chi connectivity index (χ4v) is 3.71. The molecule has 1 N–H and O–H groups in total. The van der Waals surface area contributed by atoms with E-state index in [1.165, 1.54) is 23.3 Å². The van der Waals surface area contributed by atoms with Crippen LogP contribution in [0.5, 0.6) is 5.75 Å². The van der Waals surface area contributed by atoms with Gasteiger partial charge in [0, 0.05) is 17.0 Å². The van der Waals surface area contributed by atoms with Gasteiger partial charge in [0.15, 0.2) is 0 Å². The Balaban J connectivity index is 1.71. The zero-order valence-electron chi connectivity index (χ0n) is 17.7. The van der Waals surface area contributed by atoms with Crippen molar-refractivity contribution in [1.29, 1.82) is 0 Å². The van der Waals surface area contributed by atoms with Gasteiger partial charge in [-0.2, -0.15) is 0 Å². The van der Waals surface area contributed by atoms with Gasteiger partial charge in [0.05, 0.1) is 6.10 Å². The van der Waals surface area contributed by atoms with Crippen molar-refractivity contribution in [2.75, 3.05) is 6.54 Å². The van der Waals surface area contributed by atoms with Crippen molar-refractivity contribution in [3.05, 3.63) is 100 Å². The second kappa shape index (κ2) is 10.6. The first kappa shape index (κ1) is 22.3. The van der Waals surface area contributed by atoms with Crippen molar-refractivity contribution < 1.29 is 9.13 Å². The Kier molecular flexibility index (Phi) is 7.89. The molecule has 0 saturated heterocycles. The van der Waals surface area contributed by atoms with Crippen molar-refractivity contribution in [3.63, 3.8) is 0 Å². The van der Waals surface area contributed by atoms with E-state index in [-0.39, 0.29) is 23.9 Å². The monoisotopic (exact) mass is 425 g/mol. The van der Waals surface area contributed by atoms with Gasteiger partial charge in [-0.3, -0.25) is 0 Å². The molecule has 3 aromatic rings. The van der Waals surface area contributed by atoms with E-state index in [9.17, 15) is 4.39 Å². The van der Waals surface area contributed by atoms with E-state index in [2.05, 4.69) is 24.4 Å². The topological polar surface area (TPSA) is 21.3 Å². The van der Waals surface area contributed by atoms with Crippen molar-refractivity contribution in [3.8, 4) is 5.75 Å². The molecule has 3 rings (SSSR count). The molecule has 0 saturated carbocycles. The lowest BCUT2D eigenvalue weighted by Gasteiger charge is -2.21. The Hall–Kier alpha value is -2.36. The predicted octanol–water partition coefficient (Wildman–Crippen LogP) is 7.14. The van der Waals surface area contributed by atoms with Gasteiger partial charge in [-0.1, -0.05) is 48.0 Å². The SMILES string of the molecule is CC(C)Oc1ccc([C@@H](CCN[C@@H](C)c2ccc(Cl)cc2)c2ccc(F)cc2)cc1. The molecule has 2 nitrogen and oxygen atoms in total. The molecule has 0 spiro atoms. The van der Waals surface area contributed by atoms with Crippen molar-refractivity contribution in [1.82, 2.24) is 5.32 Å². The molecule has 158 valence electrons. The van der Waals surface area contributed by atoms with Gasteiger partial charge in [-0.05, 0) is 86.8 Å². The summed E-state index contributed by atoms with van der Waals surface area (Å²) in [4.78, 5) is 0. The summed E-state index contributed by atoms with van der Waals surface area (Å²) < 4.78 is 19.2. The number of hydrogen-bond acceptors (Lipinski definition) is 2. The largest absolute Gasteiger partial charge is 0.491 e. The van der Waals surface area contributed by atoms with E-state index in [1.807, 2.05) is 62.4 Å². The lowest BCUT2D eigenvalue weighted by Crippen LogP contribution is -2.21. The number of rotatable bonds is 9. The van der Waals surface area contributed by atoms with Crippen molar-refractivity contribution >= 4 is 11.6 Å². The Morgan fingerprint density at radius 1 is 0.800 bits per heavy atom. The molecule has 0 heterocycles. The average Bonchev–Trinajstić information content (AvgIpc) is 2.73. The summed E-state index contributed by atoms with van der Waals surface area (Å²) >= 11 is 5.99. The Bertz CT molecular complexity index is 907. The summed E-state index contributed by atoms with van der Waals surface area (Å²) in [7, 11) is 0. The molecule has 30 heavy (non-hydrogen) atoms. The van der Waals surface area contributed by atoms with E-state index in [0.29, 0.717) is 0 Å². The fraction of sp³-hybridized carbons (Fsp3) is 0.308. The highest BCUT2D eigenvalue weighted by molar-refractivity contribution is 6.30. The van der Waals surface area contributed by atoms with Crippen molar-refractivity contribution in [2.45, 2.75) is 45.3 Å². The third-order valence-electron chi connectivity index (χ3n) is 5.18. The molecule has 0 unspecified atom stereocenters. The van der Waals surface area contributed by atoms with E-state index in [0.717, 1.165) is 29.3 Å². The highest BCUT2D eigenvalue weighted by Gasteiger charge is 2.16. The fourth-order valence-electron chi connectivity index (χ4n) is 3.59. The summed E-state index contributed by atoms with van der Waals surface area (Å²) in [6, 6.07) is 23.2. The quantitative estimate of drug-likeness (QED) is 0.393. The molecule has 2 atom stereocenters. The van der Waals surface area contributed by atoms with Crippen LogP contribution in [0.4, 0.5) is 4.39 Å². The molecule has 0 aliphatic heterocycles. The van der Waals surface area contributed by atoms with Crippen LogP contribution in [0.25, 0.3) is 0 Å². The van der Waals surface area contributed by atoms with Gasteiger partial charge in [-0.15, -0.1) is 0 Å². The van der Waals surface area contributed by atoms with Gasteiger partial charge < -0.3 is 10.1 Å². The van der Waals surface area contributed by atoms with Crippen LogP contribution < -0.4 is 10.1 Å². The molecule has 0 amide bonds. The Labute approximate surface area is 184 Å². The average molecular weight is 426 g/mol. The molecule has 0 fully saturated rings. The number of benzene rings is 3. The van der Waals surface area contributed by atoms with Crippen molar-refractivity contribution in [2.24, 2.45) is 0 Å². The summed E-state index contributed by atoms with van der Waals surface area (Å²) in [6.07, 6.45) is 1.04. The number of ether oxygens (including phenoxy) is 1. The third kappa shape index (κ3) is 6.32. The minimum atomic E-state index is -0.215. The Morgan fingerprint density at radius 2 is 1.33 bits per heavy atom. The Morgan fingerprint density at radius 3 is 1.90 bits per heavy atom. The lowest BCUT2D eigenvalue weighted by atomic mass is 9.88. The number of hydrogen-bond donors (Lipinski definition) is 1. The molecular weight excluding hydrogens is 397 g/mol. The van der Waals surface area contributed by atoms with Gasteiger partial charge in [-0.25, -0.2) is 4.39 Å². The molecular formula is C26H29ClFNO. The normalized spacial score (nSPS) is 13.3. The van der Waals surface area contributed by atoms with Crippen LogP contribution in [-0.4, -0.2) is 12.6 Å². The molecule has 0 bridgehead atoms. The summed E-state index contributed by atoms with van der Waals surface area (Å²) in [5, 5.41) is 4.34. The highest BCUT2D eigenvalue weighted by Crippen LogP contribution is 2.30. The van der Waals surface area contributed by atoms with E-state index >= 15 is 0 Å². The molecule has 3 aromatic carbocycles. The maximum Gasteiger partial charge on any atom is 0.123 e. The maximum absolute atomic E-state index is 13.5. The summed E-state index contributed by atoms with van der Waals surface area (Å²) in [5.74, 6) is 0.817. The first-order valence-corrected chi connectivity index (χ1v) is 10.8. The van der Waals surface area contributed by atoms with Gasteiger partial charge in [0.1, 0.15) is 11.6 Å². The first-order chi connectivity index (χ1) is 14.4. The summed E-state index contributed by atoms with van der Waals surface area (Å²) in [6.45, 7) is 7.01. The molecule has 0 aromatic heterocycles. The molecule has 4 heteroatoms. The smallest absolute Gasteiger partial charge is 0.123 e. The lowest BCUT2D eigenvalue weighted by molar-refractivity contribution is 0.242. The van der Waals surface area contributed by atoms with Crippen LogP contribution in [0.3, 0.4) is 0 Å². The molecule has 0 radical (unpaired) electrons. The second-order valence-corrected chi connectivity index (χ2v) is 8.29. The van der Waals surface area contributed by atoms with Gasteiger partial charge in [0.2, 0.25) is 0 Å². The highest BCUT2D eigenvalue weighted by atomic mass is 35.5. The van der Waals surface area contributed by atoms with Crippen LogP contribution in [0, 0.1) is 5.82 Å². The van der Waals surface area contributed by atoms with E-state index in [4.69, 9.17) is 16.3 Å². The maximum atomic E-state index is 13.5. The van der Waals surface area contributed by atoms with Gasteiger partial charge in [0.25, 0.3) is 0 Å². The minimum Gasteiger partial charge on any atom is -0.491 e. The standard InChI is InChI=1S/C26H29ClFNO/c1-18(2)30-25-14-8-22(9-15-25)26(21-6-12-24(28)13-7-21)16-17-29-19(3)20-4-10-23(27)11-5-20/h4-15,18-19,26,29H,16-17H2,1-3H3/t19-,26-/m0/s1. The zero-order valence-corrected chi connectivity index (χ0v) is 18.5. The van der Waals surface area contributed by atoms with Gasteiger partial charge >= 0.3 is 0 Å². The third-order valence-corrected chi connectivity index (χ3v) is 5.43. The van der Waals surface area contributed by atoms with E-state index < -0.39 is 0 Å². The molecule has 0 aliphatic carbocycles. The van der Waals surface area contributed by atoms with Crippen LogP contribution >= 0.6 is 11.6 Å². The predicted molar refractivity (Wildman–Crippen MR) is 123 cm³/mol. The summed E-state index contributed by atoms with van der Waals surface area (Å²) in [5.41, 5.74) is 3.50. The van der Waals surface area contributed by atoms with E-state index in [1.54, 1.807) is 0 Å². The second-order valence-electron chi connectivity index (χ2n) is 7.86. The van der Waals surface area contributed by atoms with Crippen LogP contribution in [0.15, 0.2) is 72.8 Å². The zero-order chi connectivity index (χ0) is 21.5. The number of nitrogens with one attached hydrogen (secondary N) is 1. The molecule has 0 aliphatic rings. The van der Waals surface area contributed by atoms with Crippen LogP contribution in [0.2, 0.25) is 5.02 Å². The first-order valence-electron chi connectivity index (χ1n) is 10.4. The number of halogens is 2. The van der Waals surface area contributed by atoms with Crippen LogP contribution in [-0.2, 0) is 0 Å².